The van der Waals surface area contributed by atoms with Crippen molar-refractivity contribution in [1.29, 1.82) is 0 Å². The van der Waals surface area contributed by atoms with E-state index in [1.165, 1.54) is 18.2 Å². The van der Waals surface area contributed by atoms with Gasteiger partial charge in [0.2, 0.25) is 5.91 Å². The second-order valence-corrected chi connectivity index (χ2v) is 4.66. The molecule has 1 fully saturated rings. The number of benzene rings is 1. The lowest BCUT2D eigenvalue weighted by Gasteiger charge is -2.19. The van der Waals surface area contributed by atoms with Gasteiger partial charge in [-0.15, -0.1) is 0 Å². The van der Waals surface area contributed by atoms with Crippen LogP contribution in [0.5, 0.6) is 0 Å². The maximum atomic E-state index is 13.8. The van der Waals surface area contributed by atoms with Gasteiger partial charge in [0.25, 0.3) is 5.91 Å². The van der Waals surface area contributed by atoms with Crippen LogP contribution in [0.1, 0.15) is 22.3 Å². The van der Waals surface area contributed by atoms with Gasteiger partial charge in [-0.05, 0) is 18.2 Å². The summed E-state index contributed by atoms with van der Waals surface area (Å²) in [6.07, 6.45) is 0.393. The van der Waals surface area contributed by atoms with E-state index in [2.05, 4.69) is 5.32 Å². The molecule has 1 aliphatic heterocycles. The first kappa shape index (κ1) is 14.4. The average molecular weight is 280 g/mol. The molecule has 7 heteroatoms. The van der Waals surface area contributed by atoms with Crippen LogP contribution in [-0.2, 0) is 11.3 Å². The molecular formula is C13H17FN4O2. The molecule has 4 N–H and O–H groups in total. The molecule has 0 radical (unpaired) electrons. The standard InChI is InChI=1S/C13H17FN4O2/c14-11-2-1-9(13(20)17-15)7-10(11)8-18-5-3-12(19)16-4-6-18/h1-2,7H,3-6,8,15H2,(H,16,19)(H,17,20). The van der Waals surface area contributed by atoms with E-state index in [-0.39, 0.29) is 11.7 Å². The van der Waals surface area contributed by atoms with Gasteiger partial charge < -0.3 is 5.32 Å². The van der Waals surface area contributed by atoms with Gasteiger partial charge in [-0.25, -0.2) is 10.2 Å². The van der Waals surface area contributed by atoms with E-state index in [0.29, 0.717) is 43.7 Å². The highest BCUT2D eigenvalue weighted by Crippen LogP contribution is 2.14. The molecule has 2 amide bonds. The molecule has 0 atom stereocenters. The lowest BCUT2D eigenvalue weighted by atomic mass is 10.1. The SMILES string of the molecule is NNC(=O)c1ccc(F)c(CN2CCNC(=O)CC2)c1. The fourth-order valence-corrected chi connectivity index (χ4v) is 2.13. The maximum Gasteiger partial charge on any atom is 0.265 e. The van der Waals surface area contributed by atoms with E-state index in [1.807, 2.05) is 10.3 Å². The second-order valence-electron chi connectivity index (χ2n) is 4.66. The van der Waals surface area contributed by atoms with E-state index in [9.17, 15) is 14.0 Å². The molecule has 108 valence electrons. The molecule has 0 saturated carbocycles. The third kappa shape index (κ3) is 3.52. The number of hydrogen-bond donors (Lipinski definition) is 3. The van der Waals surface area contributed by atoms with E-state index in [1.54, 1.807) is 0 Å². The van der Waals surface area contributed by atoms with Crippen LogP contribution in [0.3, 0.4) is 0 Å². The number of rotatable bonds is 3. The van der Waals surface area contributed by atoms with Crippen molar-refractivity contribution < 1.29 is 14.0 Å². The number of hydrazine groups is 1. The Kier molecular flexibility index (Phi) is 4.65. The lowest BCUT2D eigenvalue weighted by Crippen LogP contribution is -2.31. The minimum absolute atomic E-state index is 0.00392. The number of halogens is 1. The summed E-state index contributed by atoms with van der Waals surface area (Å²) in [5.41, 5.74) is 2.75. The summed E-state index contributed by atoms with van der Waals surface area (Å²) >= 11 is 0. The van der Waals surface area contributed by atoms with Gasteiger partial charge in [-0.3, -0.25) is 19.9 Å². The predicted octanol–water partition coefficient (Wildman–Crippen LogP) is -0.249. The van der Waals surface area contributed by atoms with Gasteiger partial charge in [-0.2, -0.15) is 0 Å². The Morgan fingerprint density at radius 2 is 2.25 bits per heavy atom. The summed E-state index contributed by atoms with van der Waals surface area (Å²) in [6, 6.07) is 4.12. The van der Waals surface area contributed by atoms with Crippen LogP contribution >= 0.6 is 0 Å². The van der Waals surface area contributed by atoms with Crippen molar-refractivity contribution in [2.45, 2.75) is 13.0 Å². The zero-order valence-electron chi connectivity index (χ0n) is 11.0. The summed E-state index contributed by atoms with van der Waals surface area (Å²) in [6.45, 7) is 2.12. The predicted molar refractivity (Wildman–Crippen MR) is 71.0 cm³/mol. The molecule has 6 nitrogen and oxygen atoms in total. The Hall–Kier alpha value is -1.99. The summed E-state index contributed by atoms with van der Waals surface area (Å²) in [7, 11) is 0. The highest BCUT2D eigenvalue weighted by atomic mass is 19.1. The number of nitrogens with two attached hydrogens (primary N) is 1. The normalized spacial score (nSPS) is 16.4. The number of carbonyl (C=O) groups excluding carboxylic acids is 2. The van der Waals surface area contributed by atoms with Crippen LogP contribution in [0.15, 0.2) is 18.2 Å². The van der Waals surface area contributed by atoms with Gasteiger partial charge >= 0.3 is 0 Å². The highest BCUT2D eigenvalue weighted by molar-refractivity contribution is 5.93. The second kappa shape index (κ2) is 6.44. The van der Waals surface area contributed by atoms with Crippen molar-refractivity contribution in [1.82, 2.24) is 15.6 Å². The monoisotopic (exact) mass is 280 g/mol. The van der Waals surface area contributed by atoms with Crippen LogP contribution in [0.4, 0.5) is 4.39 Å². The van der Waals surface area contributed by atoms with E-state index in [0.717, 1.165) is 0 Å². The molecule has 1 aromatic carbocycles. The van der Waals surface area contributed by atoms with Crippen molar-refractivity contribution >= 4 is 11.8 Å². The zero-order chi connectivity index (χ0) is 14.5. The van der Waals surface area contributed by atoms with Gasteiger partial charge in [-0.1, -0.05) is 0 Å². The summed E-state index contributed by atoms with van der Waals surface area (Å²) in [5.74, 6) is 4.23. The number of hydrogen-bond acceptors (Lipinski definition) is 4. The molecule has 2 rings (SSSR count). The lowest BCUT2D eigenvalue weighted by molar-refractivity contribution is -0.120. The number of carbonyl (C=O) groups is 2. The van der Waals surface area contributed by atoms with Crippen molar-refractivity contribution in [2.24, 2.45) is 5.84 Å². The Morgan fingerprint density at radius 3 is 3.00 bits per heavy atom. The first-order valence-corrected chi connectivity index (χ1v) is 6.38. The number of nitrogen functional groups attached to an aromatic ring is 1. The number of amides is 2. The van der Waals surface area contributed by atoms with Crippen molar-refractivity contribution in [2.75, 3.05) is 19.6 Å². The van der Waals surface area contributed by atoms with Crippen LogP contribution in [0.2, 0.25) is 0 Å². The van der Waals surface area contributed by atoms with E-state index >= 15 is 0 Å². The molecule has 0 aliphatic carbocycles. The average Bonchev–Trinajstić information content (AvgIpc) is 2.65. The fraction of sp³-hybridized carbons (Fsp3) is 0.385. The van der Waals surface area contributed by atoms with Gasteiger partial charge in [0.1, 0.15) is 5.82 Å². The van der Waals surface area contributed by atoms with E-state index in [4.69, 9.17) is 5.84 Å². The van der Waals surface area contributed by atoms with Crippen molar-refractivity contribution in [3.8, 4) is 0 Å². The van der Waals surface area contributed by atoms with Crippen LogP contribution in [0.25, 0.3) is 0 Å². The smallest absolute Gasteiger partial charge is 0.265 e. The summed E-state index contributed by atoms with van der Waals surface area (Å²) in [4.78, 5) is 24.7. The molecule has 0 bridgehead atoms. The van der Waals surface area contributed by atoms with Crippen LogP contribution in [-0.4, -0.2) is 36.3 Å². The zero-order valence-corrected chi connectivity index (χ0v) is 11.0. The molecular weight excluding hydrogens is 263 g/mol. The summed E-state index contributed by atoms with van der Waals surface area (Å²) < 4.78 is 13.8. The van der Waals surface area contributed by atoms with Crippen LogP contribution < -0.4 is 16.6 Å². The Labute approximate surface area is 116 Å². The Balaban J connectivity index is 2.11. The molecule has 0 spiro atoms. The Bertz CT molecular complexity index is 521. The first-order chi connectivity index (χ1) is 9.60. The number of nitrogens with zero attached hydrogens (tertiary/aromatic N) is 1. The third-order valence-corrected chi connectivity index (χ3v) is 3.24. The Morgan fingerprint density at radius 1 is 1.45 bits per heavy atom. The van der Waals surface area contributed by atoms with Gasteiger partial charge in [0.15, 0.2) is 0 Å². The summed E-state index contributed by atoms with van der Waals surface area (Å²) in [5, 5.41) is 2.76. The third-order valence-electron chi connectivity index (χ3n) is 3.24. The molecule has 1 aliphatic rings. The van der Waals surface area contributed by atoms with Gasteiger partial charge in [0, 0.05) is 43.7 Å². The van der Waals surface area contributed by atoms with Gasteiger partial charge in [0.05, 0.1) is 0 Å². The molecule has 20 heavy (non-hydrogen) atoms. The number of nitrogens with one attached hydrogen (secondary N) is 2. The molecule has 1 aromatic rings. The quantitative estimate of drug-likeness (QED) is 0.405. The fourth-order valence-electron chi connectivity index (χ4n) is 2.13. The maximum absolute atomic E-state index is 13.8. The topological polar surface area (TPSA) is 87.5 Å². The van der Waals surface area contributed by atoms with Crippen molar-refractivity contribution in [3.05, 3.63) is 35.1 Å². The van der Waals surface area contributed by atoms with Crippen LogP contribution in [0, 0.1) is 5.82 Å². The molecule has 1 saturated heterocycles. The minimum Gasteiger partial charge on any atom is -0.355 e. The highest BCUT2D eigenvalue weighted by Gasteiger charge is 2.16. The first-order valence-electron chi connectivity index (χ1n) is 6.38. The van der Waals surface area contributed by atoms with E-state index < -0.39 is 5.91 Å². The minimum atomic E-state index is -0.459. The largest absolute Gasteiger partial charge is 0.355 e. The molecule has 0 unspecified atom stereocenters. The van der Waals surface area contributed by atoms with Crippen molar-refractivity contribution in [3.63, 3.8) is 0 Å². The molecule has 1 heterocycles. The molecule has 0 aromatic heterocycles.